The Kier molecular flexibility index (Phi) is 10.0. The number of aromatic nitrogens is 3. The Hall–Kier alpha value is -3.44. The number of amides is 1. The maximum absolute atomic E-state index is 12.9. The van der Waals surface area contributed by atoms with E-state index in [2.05, 4.69) is 53.6 Å². The summed E-state index contributed by atoms with van der Waals surface area (Å²) in [5.41, 5.74) is 11.6. The Morgan fingerprint density at radius 3 is 2.88 bits per heavy atom. The number of carbonyl (C=O) groups is 1. The van der Waals surface area contributed by atoms with E-state index < -0.39 is 0 Å². The van der Waals surface area contributed by atoms with Crippen LogP contribution in [-0.2, 0) is 13.0 Å². The van der Waals surface area contributed by atoms with E-state index in [-0.39, 0.29) is 18.2 Å². The molecule has 1 amide bonds. The highest BCUT2D eigenvalue weighted by Gasteiger charge is 2.34. The van der Waals surface area contributed by atoms with Crippen LogP contribution in [0, 0.1) is 5.92 Å². The average Bonchev–Trinajstić information content (AvgIpc) is 3.42. The fourth-order valence-electron chi connectivity index (χ4n) is 5.62. The zero-order valence-corrected chi connectivity index (χ0v) is 23.3. The number of anilines is 1. The molecule has 2 aliphatic heterocycles. The second-order valence-corrected chi connectivity index (χ2v) is 10.6. The van der Waals surface area contributed by atoms with Gasteiger partial charge < -0.3 is 16.0 Å². The van der Waals surface area contributed by atoms with Crippen molar-refractivity contribution in [3.63, 3.8) is 0 Å². The number of benzene rings is 1. The van der Waals surface area contributed by atoms with Crippen LogP contribution < -0.4 is 26.8 Å². The third-order valence-electron chi connectivity index (χ3n) is 7.88. The normalized spacial score (nSPS) is 21.3. The zero-order valence-electron chi connectivity index (χ0n) is 23.3. The zero-order chi connectivity index (χ0) is 27.6. The molecule has 212 valence electrons. The van der Waals surface area contributed by atoms with Crippen LogP contribution in [0.15, 0.2) is 61.3 Å². The van der Waals surface area contributed by atoms with Crippen LogP contribution in [0.4, 0.5) is 5.69 Å². The minimum absolute atomic E-state index is 0.0300. The molecule has 3 unspecified atom stereocenters. The van der Waals surface area contributed by atoms with Gasteiger partial charge in [-0.1, -0.05) is 13.0 Å². The second-order valence-electron chi connectivity index (χ2n) is 10.6. The summed E-state index contributed by atoms with van der Waals surface area (Å²) >= 11 is 0. The summed E-state index contributed by atoms with van der Waals surface area (Å²) in [6, 6.07) is 11.6. The van der Waals surface area contributed by atoms with Crippen LogP contribution in [0.5, 0.6) is 0 Å². The van der Waals surface area contributed by atoms with E-state index in [9.17, 15) is 4.79 Å². The van der Waals surface area contributed by atoms with Gasteiger partial charge in [-0.3, -0.25) is 14.7 Å². The molecule has 0 aliphatic carbocycles. The number of rotatable bonds is 12. The van der Waals surface area contributed by atoms with Gasteiger partial charge in [0.1, 0.15) is 12.5 Å². The van der Waals surface area contributed by atoms with Crippen molar-refractivity contribution in [1.29, 1.82) is 0 Å². The van der Waals surface area contributed by atoms with E-state index in [1.54, 1.807) is 18.7 Å². The lowest BCUT2D eigenvalue weighted by Crippen LogP contribution is -2.43. The Morgan fingerprint density at radius 2 is 2.05 bits per heavy atom. The predicted molar refractivity (Wildman–Crippen MR) is 156 cm³/mol. The topological polar surface area (TPSA) is 119 Å². The van der Waals surface area contributed by atoms with Gasteiger partial charge in [0.2, 0.25) is 0 Å². The van der Waals surface area contributed by atoms with E-state index in [0.29, 0.717) is 18.7 Å². The Labute approximate surface area is 236 Å². The molecule has 40 heavy (non-hydrogen) atoms. The highest BCUT2D eigenvalue weighted by atomic mass is 16.1. The molecule has 2 saturated heterocycles. The van der Waals surface area contributed by atoms with Gasteiger partial charge in [-0.15, -0.1) is 0 Å². The van der Waals surface area contributed by atoms with Crippen LogP contribution in [0.2, 0.25) is 0 Å². The van der Waals surface area contributed by atoms with E-state index >= 15 is 0 Å². The van der Waals surface area contributed by atoms with E-state index in [1.165, 1.54) is 19.3 Å². The molecule has 2 aliphatic rings. The molecule has 4 heterocycles. The Morgan fingerprint density at radius 1 is 1.12 bits per heavy atom. The summed E-state index contributed by atoms with van der Waals surface area (Å²) in [7, 11) is 0. The van der Waals surface area contributed by atoms with Gasteiger partial charge in [0.15, 0.2) is 0 Å². The largest absolute Gasteiger partial charge is 0.382 e. The first kappa shape index (κ1) is 28.1. The molecule has 3 atom stereocenters. The monoisotopic (exact) mass is 543 g/mol. The molecule has 0 spiro atoms. The molecule has 5 N–H and O–H groups in total. The van der Waals surface area contributed by atoms with E-state index in [1.807, 2.05) is 42.6 Å². The highest BCUT2D eigenvalue weighted by molar-refractivity contribution is 5.95. The number of carbonyl (C=O) groups excluding carboxylic acids is 1. The number of nitrogens with zero attached hydrogens (tertiary/aromatic N) is 4. The van der Waals surface area contributed by atoms with Crippen LogP contribution in [0.1, 0.15) is 66.0 Å². The lowest BCUT2D eigenvalue weighted by atomic mass is 9.94. The van der Waals surface area contributed by atoms with Crippen LogP contribution in [0.3, 0.4) is 0 Å². The number of hydrogen-bond acceptors (Lipinski definition) is 9. The summed E-state index contributed by atoms with van der Waals surface area (Å²) in [6.07, 6.45) is 12.9. The molecule has 10 nitrogen and oxygen atoms in total. The second kappa shape index (κ2) is 14.3. The quantitative estimate of drug-likeness (QED) is 0.235. The first-order valence-electron chi connectivity index (χ1n) is 14.5. The molecule has 10 heteroatoms. The third-order valence-corrected chi connectivity index (χ3v) is 7.88. The Bertz CT molecular complexity index is 1220. The number of aryl methyl sites for hydroxylation is 1. The summed E-state index contributed by atoms with van der Waals surface area (Å²) in [5, 5.41) is 10.1. The van der Waals surface area contributed by atoms with Crippen molar-refractivity contribution in [3.8, 4) is 0 Å². The van der Waals surface area contributed by atoms with Crippen LogP contribution in [0.25, 0.3) is 0 Å². The molecular formula is C30H41N9O. The maximum Gasteiger partial charge on any atom is 0.251 e. The van der Waals surface area contributed by atoms with Gasteiger partial charge in [-0.25, -0.2) is 20.8 Å². The van der Waals surface area contributed by atoms with Crippen molar-refractivity contribution < 1.29 is 4.79 Å². The number of hydrazine groups is 1. The molecule has 2 aromatic heterocycles. The summed E-state index contributed by atoms with van der Waals surface area (Å²) in [6.45, 7) is 6.47. The molecule has 3 aromatic rings. The van der Waals surface area contributed by atoms with Crippen molar-refractivity contribution in [3.05, 3.63) is 83.7 Å². The first-order valence-corrected chi connectivity index (χ1v) is 14.5. The fraction of sp³-hybridized carbons (Fsp3) is 0.467. The maximum atomic E-state index is 12.9. The van der Waals surface area contributed by atoms with Gasteiger partial charge in [0.05, 0.1) is 11.9 Å². The van der Waals surface area contributed by atoms with Gasteiger partial charge in [-0.05, 0) is 92.6 Å². The fourth-order valence-corrected chi connectivity index (χ4v) is 5.62. The van der Waals surface area contributed by atoms with Crippen molar-refractivity contribution in [2.24, 2.45) is 5.92 Å². The van der Waals surface area contributed by atoms with Crippen LogP contribution in [-0.4, -0.2) is 58.1 Å². The molecular weight excluding hydrogens is 502 g/mol. The van der Waals surface area contributed by atoms with Crippen molar-refractivity contribution >= 4 is 11.6 Å². The van der Waals surface area contributed by atoms with E-state index in [0.717, 1.165) is 60.9 Å². The molecule has 1 aromatic carbocycles. The number of piperidine rings is 1. The number of pyridine rings is 1. The minimum Gasteiger partial charge on any atom is -0.382 e. The molecule has 0 bridgehead atoms. The predicted octanol–water partition coefficient (Wildman–Crippen LogP) is 2.99. The molecule has 5 rings (SSSR count). The standard InChI is InChI=1S/C30H41N9O/c1-2-23-18-32-13-10-25(23)19-35-30(40)24-8-3-9-26(16-24)34-20-28-37-38-29(27-11-14-33-21-36-27)39(28)15-5-7-22-6-4-12-31-17-22/h3,8-11,13-14,16,18,21-22,28-29,31,34,37-38H,2,4-7,12,15,17,19-20H2,1H3,(H,35,40). The molecule has 0 saturated carbocycles. The van der Waals surface area contributed by atoms with Gasteiger partial charge in [0, 0.05) is 49.5 Å². The summed E-state index contributed by atoms with van der Waals surface area (Å²) < 4.78 is 0. The lowest BCUT2D eigenvalue weighted by Gasteiger charge is -2.29. The number of hydrogen-bond donors (Lipinski definition) is 5. The SMILES string of the molecule is CCc1cnccc1CNC(=O)c1cccc(NCC2NNC(c3ccncn3)N2CCCC2CCCNC2)c1. The van der Waals surface area contributed by atoms with Gasteiger partial charge in [-0.2, -0.15) is 0 Å². The summed E-state index contributed by atoms with van der Waals surface area (Å²) in [5.74, 6) is 0.665. The van der Waals surface area contributed by atoms with Crippen molar-refractivity contribution in [2.45, 2.75) is 57.9 Å². The average molecular weight is 544 g/mol. The van der Waals surface area contributed by atoms with Crippen molar-refractivity contribution in [1.82, 2.24) is 41.3 Å². The van der Waals surface area contributed by atoms with Crippen LogP contribution >= 0.6 is 0 Å². The minimum atomic E-state index is -0.0918. The molecule has 0 radical (unpaired) electrons. The number of nitrogens with one attached hydrogen (secondary N) is 5. The van der Waals surface area contributed by atoms with E-state index in [4.69, 9.17) is 0 Å². The summed E-state index contributed by atoms with van der Waals surface area (Å²) in [4.78, 5) is 28.1. The van der Waals surface area contributed by atoms with Crippen molar-refractivity contribution in [2.75, 3.05) is 31.5 Å². The highest BCUT2D eigenvalue weighted by Crippen LogP contribution is 2.24. The smallest absolute Gasteiger partial charge is 0.251 e. The third kappa shape index (κ3) is 7.39. The molecule has 2 fully saturated rings. The first-order chi connectivity index (χ1) is 19.7. The Balaban J connectivity index is 1.18. The lowest BCUT2D eigenvalue weighted by molar-refractivity contribution is 0.0951. The van der Waals surface area contributed by atoms with Gasteiger partial charge in [0.25, 0.3) is 5.91 Å². The van der Waals surface area contributed by atoms with Gasteiger partial charge >= 0.3 is 0 Å².